The van der Waals surface area contributed by atoms with E-state index in [0.29, 0.717) is 59.9 Å². The normalized spacial score (nSPS) is 16.6. The van der Waals surface area contributed by atoms with Crippen LogP contribution in [0.3, 0.4) is 0 Å². The van der Waals surface area contributed by atoms with Gasteiger partial charge in [-0.25, -0.2) is 4.68 Å². The molecule has 1 aromatic heterocycles. The maximum atomic E-state index is 13.0. The fourth-order valence-corrected chi connectivity index (χ4v) is 4.07. The molecule has 2 heterocycles. The Morgan fingerprint density at radius 2 is 1.92 bits per heavy atom. The SMILES string of the molecule is COc1ccc2c(c1)OCCNC(=O)[C@@H](NC(=O)c1cnn(-c3ccccc3OC)c1)CCCCNC2=O. The number of nitrogens with zero attached hydrogens (tertiary/aromatic N) is 2. The van der Waals surface area contributed by atoms with Crippen LogP contribution in [0.2, 0.25) is 0 Å². The number of amides is 3. The fraction of sp³-hybridized carbons (Fsp3) is 0.333. The quantitative estimate of drug-likeness (QED) is 0.468. The van der Waals surface area contributed by atoms with Gasteiger partial charge in [0.2, 0.25) is 5.91 Å². The van der Waals surface area contributed by atoms with Crippen LogP contribution in [0.25, 0.3) is 5.69 Å². The predicted octanol–water partition coefficient (Wildman–Crippen LogP) is 2.10. The first kappa shape index (κ1) is 26.5. The highest BCUT2D eigenvalue weighted by molar-refractivity contribution is 5.98. The van der Waals surface area contributed by atoms with Crippen molar-refractivity contribution in [3.05, 3.63) is 66.0 Å². The number of para-hydroxylation sites is 2. The molecule has 0 saturated carbocycles. The minimum absolute atomic E-state index is 0.130. The summed E-state index contributed by atoms with van der Waals surface area (Å²) in [5.41, 5.74) is 1.39. The number of ether oxygens (including phenoxy) is 3. The lowest BCUT2D eigenvalue weighted by atomic mass is 10.1. The van der Waals surface area contributed by atoms with Gasteiger partial charge in [-0.2, -0.15) is 5.10 Å². The summed E-state index contributed by atoms with van der Waals surface area (Å²) >= 11 is 0. The van der Waals surface area contributed by atoms with Gasteiger partial charge >= 0.3 is 0 Å². The van der Waals surface area contributed by atoms with Crippen molar-refractivity contribution in [1.82, 2.24) is 25.7 Å². The number of benzene rings is 2. The molecule has 0 spiro atoms. The summed E-state index contributed by atoms with van der Waals surface area (Å²) < 4.78 is 17.9. The van der Waals surface area contributed by atoms with Crippen molar-refractivity contribution in [3.8, 4) is 22.9 Å². The van der Waals surface area contributed by atoms with Crippen molar-refractivity contribution in [2.45, 2.75) is 25.3 Å². The van der Waals surface area contributed by atoms with Crippen molar-refractivity contribution >= 4 is 17.7 Å². The van der Waals surface area contributed by atoms with Gasteiger partial charge in [0.05, 0.1) is 38.1 Å². The summed E-state index contributed by atoms with van der Waals surface area (Å²) in [5.74, 6) is 0.552. The molecule has 11 heteroatoms. The number of hydrogen-bond acceptors (Lipinski definition) is 7. The Hall–Kier alpha value is -4.54. The highest BCUT2D eigenvalue weighted by Gasteiger charge is 2.23. The number of carbonyl (C=O) groups excluding carboxylic acids is 3. The molecule has 3 aromatic rings. The number of carbonyl (C=O) groups is 3. The van der Waals surface area contributed by atoms with Crippen LogP contribution in [-0.2, 0) is 4.79 Å². The zero-order chi connectivity index (χ0) is 26.9. The Kier molecular flexibility index (Phi) is 8.81. The second kappa shape index (κ2) is 12.6. The third-order valence-corrected chi connectivity index (χ3v) is 6.10. The topological polar surface area (TPSA) is 133 Å². The van der Waals surface area contributed by atoms with Gasteiger partial charge in [0.15, 0.2) is 0 Å². The summed E-state index contributed by atoms with van der Waals surface area (Å²) in [6.45, 7) is 0.735. The van der Waals surface area contributed by atoms with E-state index in [1.807, 2.05) is 18.2 Å². The summed E-state index contributed by atoms with van der Waals surface area (Å²) in [6.07, 6.45) is 4.68. The lowest BCUT2D eigenvalue weighted by Gasteiger charge is -2.19. The molecule has 2 aromatic carbocycles. The van der Waals surface area contributed by atoms with Gasteiger partial charge < -0.3 is 30.2 Å². The van der Waals surface area contributed by atoms with Gasteiger partial charge in [-0.1, -0.05) is 12.1 Å². The van der Waals surface area contributed by atoms with Crippen molar-refractivity contribution < 1.29 is 28.6 Å². The molecule has 0 radical (unpaired) electrons. The summed E-state index contributed by atoms with van der Waals surface area (Å²) in [6, 6.07) is 11.5. The van der Waals surface area contributed by atoms with Crippen molar-refractivity contribution in [3.63, 3.8) is 0 Å². The fourth-order valence-electron chi connectivity index (χ4n) is 4.07. The van der Waals surface area contributed by atoms with Gasteiger partial charge in [-0.15, -0.1) is 0 Å². The van der Waals surface area contributed by atoms with Crippen molar-refractivity contribution in [2.75, 3.05) is 33.9 Å². The van der Waals surface area contributed by atoms with E-state index in [-0.39, 0.29) is 25.0 Å². The third-order valence-electron chi connectivity index (χ3n) is 6.10. The number of fused-ring (bicyclic) bond motifs is 1. The minimum atomic E-state index is -0.761. The summed E-state index contributed by atoms with van der Waals surface area (Å²) in [4.78, 5) is 38.6. The molecule has 0 aliphatic carbocycles. The molecular formula is C27H31N5O6. The summed E-state index contributed by atoms with van der Waals surface area (Å²) in [7, 11) is 3.09. The molecule has 0 bridgehead atoms. The van der Waals surface area contributed by atoms with E-state index in [0.717, 1.165) is 0 Å². The summed E-state index contributed by atoms with van der Waals surface area (Å²) in [5, 5.41) is 12.8. The molecular weight excluding hydrogens is 490 g/mol. The molecule has 0 fully saturated rings. The molecule has 11 nitrogen and oxygen atoms in total. The second-order valence-corrected chi connectivity index (χ2v) is 8.62. The zero-order valence-corrected chi connectivity index (χ0v) is 21.4. The number of rotatable bonds is 5. The Balaban J connectivity index is 1.43. The maximum absolute atomic E-state index is 13.0. The van der Waals surface area contributed by atoms with Crippen LogP contribution in [-0.4, -0.2) is 67.5 Å². The average molecular weight is 522 g/mol. The van der Waals surface area contributed by atoms with E-state index < -0.39 is 11.9 Å². The van der Waals surface area contributed by atoms with Crippen LogP contribution >= 0.6 is 0 Å². The molecule has 3 N–H and O–H groups in total. The average Bonchev–Trinajstić information content (AvgIpc) is 3.44. The number of nitrogens with one attached hydrogen (secondary N) is 3. The van der Waals surface area contributed by atoms with Gasteiger partial charge in [-0.3, -0.25) is 14.4 Å². The Bertz CT molecular complexity index is 1290. The maximum Gasteiger partial charge on any atom is 0.255 e. The zero-order valence-electron chi connectivity index (χ0n) is 21.4. The van der Waals surface area contributed by atoms with E-state index in [9.17, 15) is 14.4 Å². The molecule has 0 unspecified atom stereocenters. The van der Waals surface area contributed by atoms with Crippen LogP contribution in [0, 0.1) is 0 Å². The lowest BCUT2D eigenvalue weighted by molar-refractivity contribution is -0.123. The first-order chi connectivity index (χ1) is 18.5. The van der Waals surface area contributed by atoms with Crippen molar-refractivity contribution in [2.24, 2.45) is 0 Å². The molecule has 38 heavy (non-hydrogen) atoms. The highest BCUT2D eigenvalue weighted by atomic mass is 16.5. The van der Waals surface area contributed by atoms with Crippen LogP contribution in [0.1, 0.15) is 40.0 Å². The lowest BCUT2D eigenvalue weighted by Crippen LogP contribution is -2.47. The van der Waals surface area contributed by atoms with Crippen LogP contribution < -0.4 is 30.2 Å². The first-order valence-corrected chi connectivity index (χ1v) is 12.4. The van der Waals surface area contributed by atoms with Crippen LogP contribution in [0.5, 0.6) is 17.2 Å². The van der Waals surface area contributed by atoms with E-state index in [4.69, 9.17) is 14.2 Å². The van der Waals surface area contributed by atoms with E-state index in [1.54, 1.807) is 42.3 Å². The number of hydrogen-bond donors (Lipinski definition) is 3. The van der Waals surface area contributed by atoms with E-state index in [1.165, 1.54) is 13.3 Å². The smallest absolute Gasteiger partial charge is 0.255 e. The highest BCUT2D eigenvalue weighted by Crippen LogP contribution is 2.25. The van der Waals surface area contributed by atoms with Gasteiger partial charge in [0.25, 0.3) is 11.8 Å². The first-order valence-electron chi connectivity index (χ1n) is 12.4. The monoisotopic (exact) mass is 521 g/mol. The Morgan fingerprint density at radius 3 is 2.74 bits per heavy atom. The van der Waals surface area contributed by atoms with Gasteiger partial charge in [0, 0.05) is 18.8 Å². The molecule has 4 rings (SSSR count). The second-order valence-electron chi connectivity index (χ2n) is 8.62. The standard InChI is InChI=1S/C27H31N5O6/c1-36-19-10-11-20-24(15-19)38-14-13-29-27(35)21(7-5-6-12-28-26(20)34)31-25(33)18-16-30-32(17-18)22-8-3-4-9-23(22)37-2/h3-4,8-11,15-17,21H,5-7,12-14H2,1-2H3,(H,28,34)(H,29,35)(H,31,33)/t21-/m0/s1. The van der Waals surface area contributed by atoms with Crippen molar-refractivity contribution in [1.29, 1.82) is 0 Å². The number of methoxy groups -OCH3 is 2. The Labute approximate surface area is 220 Å². The molecule has 3 amide bonds. The van der Waals surface area contributed by atoms with Gasteiger partial charge in [-0.05, 0) is 43.5 Å². The van der Waals surface area contributed by atoms with Crippen LogP contribution in [0.4, 0.5) is 0 Å². The molecule has 1 aliphatic heterocycles. The minimum Gasteiger partial charge on any atom is -0.497 e. The largest absolute Gasteiger partial charge is 0.497 e. The number of aromatic nitrogens is 2. The third kappa shape index (κ3) is 6.41. The molecule has 200 valence electrons. The molecule has 0 saturated heterocycles. The predicted molar refractivity (Wildman–Crippen MR) is 139 cm³/mol. The van der Waals surface area contributed by atoms with E-state index >= 15 is 0 Å². The molecule has 1 atom stereocenters. The van der Waals surface area contributed by atoms with Gasteiger partial charge in [0.1, 0.15) is 35.6 Å². The van der Waals surface area contributed by atoms with E-state index in [2.05, 4.69) is 21.0 Å². The van der Waals surface area contributed by atoms with Crippen LogP contribution in [0.15, 0.2) is 54.9 Å². The Morgan fingerprint density at radius 1 is 1.08 bits per heavy atom. The molecule has 1 aliphatic rings.